The fourth-order valence-corrected chi connectivity index (χ4v) is 2.62. The number of likely N-dealkylation sites (tertiary alicyclic amines) is 1. The molecule has 0 aromatic heterocycles. The molecule has 3 nitrogen and oxygen atoms in total. The van der Waals surface area contributed by atoms with E-state index in [1.807, 2.05) is 36.9 Å². The Bertz CT molecular complexity index is 454. The third-order valence-electron chi connectivity index (χ3n) is 3.85. The molecule has 3 heteroatoms. The largest absolute Gasteiger partial charge is 0.390 e. The second kappa shape index (κ2) is 5.74. The van der Waals surface area contributed by atoms with Crippen LogP contribution in [0.2, 0.25) is 0 Å². The van der Waals surface area contributed by atoms with Crippen molar-refractivity contribution in [2.24, 2.45) is 0 Å². The lowest BCUT2D eigenvalue weighted by atomic mass is 9.98. The van der Waals surface area contributed by atoms with Crippen LogP contribution >= 0.6 is 0 Å². The van der Waals surface area contributed by atoms with E-state index in [4.69, 9.17) is 0 Å². The highest BCUT2D eigenvalue weighted by Crippen LogP contribution is 2.21. The van der Waals surface area contributed by atoms with E-state index in [0.717, 1.165) is 24.9 Å². The molecule has 2 rings (SSSR count). The van der Waals surface area contributed by atoms with Crippen LogP contribution in [0.3, 0.4) is 0 Å². The van der Waals surface area contributed by atoms with Gasteiger partial charge in [0.15, 0.2) is 0 Å². The van der Waals surface area contributed by atoms with Crippen molar-refractivity contribution in [3.05, 3.63) is 35.4 Å². The van der Waals surface area contributed by atoms with Gasteiger partial charge in [-0.05, 0) is 38.7 Å². The predicted octanol–water partition coefficient (Wildman–Crippen LogP) is 2.30. The molecule has 19 heavy (non-hydrogen) atoms. The van der Waals surface area contributed by atoms with E-state index in [-0.39, 0.29) is 5.91 Å². The molecule has 0 bridgehead atoms. The molecule has 1 amide bonds. The summed E-state index contributed by atoms with van der Waals surface area (Å²) in [5, 5.41) is 10.0. The maximum absolute atomic E-state index is 12.3. The van der Waals surface area contributed by atoms with Gasteiger partial charge in [-0.15, -0.1) is 0 Å². The number of hydrogen-bond donors (Lipinski definition) is 1. The number of rotatable bonds is 2. The van der Waals surface area contributed by atoms with Crippen LogP contribution in [0.4, 0.5) is 0 Å². The van der Waals surface area contributed by atoms with Gasteiger partial charge in [0.05, 0.1) is 12.0 Å². The number of carbonyl (C=O) groups is 1. The highest BCUT2D eigenvalue weighted by molar-refractivity contribution is 5.78. The first-order valence-corrected chi connectivity index (χ1v) is 7.02. The van der Waals surface area contributed by atoms with Crippen molar-refractivity contribution in [1.29, 1.82) is 0 Å². The van der Waals surface area contributed by atoms with Gasteiger partial charge in [-0.2, -0.15) is 0 Å². The van der Waals surface area contributed by atoms with Crippen molar-refractivity contribution >= 4 is 5.91 Å². The van der Waals surface area contributed by atoms with Crippen LogP contribution in [0.1, 0.15) is 37.3 Å². The second-order valence-electron chi connectivity index (χ2n) is 5.90. The summed E-state index contributed by atoms with van der Waals surface area (Å²) < 4.78 is 0. The minimum absolute atomic E-state index is 0.170. The van der Waals surface area contributed by atoms with E-state index in [2.05, 4.69) is 6.07 Å². The number of amides is 1. The highest BCUT2D eigenvalue weighted by Gasteiger charge is 2.26. The summed E-state index contributed by atoms with van der Waals surface area (Å²) in [6.07, 6.45) is 2.80. The van der Waals surface area contributed by atoms with E-state index in [9.17, 15) is 9.90 Å². The van der Waals surface area contributed by atoms with Crippen LogP contribution in [0.15, 0.2) is 24.3 Å². The van der Waals surface area contributed by atoms with Gasteiger partial charge in [0.1, 0.15) is 0 Å². The van der Waals surface area contributed by atoms with Crippen LogP contribution in [-0.4, -0.2) is 34.6 Å². The Morgan fingerprint density at radius 2 is 2.16 bits per heavy atom. The Hall–Kier alpha value is -1.35. The number of benzene rings is 1. The Morgan fingerprint density at radius 1 is 1.37 bits per heavy atom. The minimum Gasteiger partial charge on any atom is -0.390 e. The number of aryl methyl sites for hydroxylation is 1. The first kappa shape index (κ1) is 14.1. The van der Waals surface area contributed by atoms with Crippen LogP contribution in [0.5, 0.6) is 0 Å². The van der Waals surface area contributed by atoms with Gasteiger partial charge in [0.25, 0.3) is 0 Å². The summed E-state index contributed by atoms with van der Waals surface area (Å²) in [5.41, 5.74) is 1.64. The summed E-state index contributed by atoms with van der Waals surface area (Å²) >= 11 is 0. The second-order valence-corrected chi connectivity index (χ2v) is 5.90. The lowest BCUT2D eigenvalue weighted by molar-refractivity contribution is -0.130. The molecule has 1 saturated heterocycles. The number of carbonyl (C=O) groups excluding carboxylic acids is 1. The number of aliphatic hydroxyl groups is 1. The molecule has 1 aliphatic rings. The Balaban J connectivity index is 1.96. The van der Waals surface area contributed by atoms with Crippen LogP contribution in [-0.2, 0) is 11.2 Å². The molecule has 104 valence electrons. The summed E-state index contributed by atoms with van der Waals surface area (Å²) in [5.74, 6) is 0.170. The fourth-order valence-electron chi connectivity index (χ4n) is 2.62. The highest BCUT2D eigenvalue weighted by atomic mass is 16.3. The monoisotopic (exact) mass is 261 g/mol. The minimum atomic E-state index is -0.613. The number of nitrogens with zero attached hydrogens (tertiary/aromatic N) is 1. The molecule has 0 spiro atoms. The molecule has 1 atom stereocenters. The zero-order valence-corrected chi connectivity index (χ0v) is 11.9. The van der Waals surface area contributed by atoms with Crippen molar-refractivity contribution in [3.63, 3.8) is 0 Å². The van der Waals surface area contributed by atoms with E-state index >= 15 is 0 Å². The Morgan fingerprint density at radius 3 is 2.89 bits per heavy atom. The third-order valence-corrected chi connectivity index (χ3v) is 3.85. The lowest BCUT2D eigenvalue weighted by Gasteiger charge is -2.22. The zero-order chi connectivity index (χ0) is 13.9. The quantitative estimate of drug-likeness (QED) is 0.887. The average Bonchev–Trinajstić information content (AvgIpc) is 2.50. The van der Waals surface area contributed by atoms with Crippen molar-refractivity contribution < 1.29 is 9.90 Å². The topological polar surface area (TPSA) is 40.5 Å². The maximum atomic E-state index is 12.3. The summed E-state index contributed by atoms with van der Waals surface area (Å²) in [6, 6.07) is 8.09. The molecule has 1 heterocycles. The maximum Gasteiger partial charge on any atom is 0.226 e. The van der Waals surface area contributed by atoms with Gasteiger partial charge >= 0.3 is 0 Å². The van der Waals surface area contributed by atoms with Crippen molar-refractivity contribution in [1.82, 2.24) is 4.90 Å². The molecule has 1 aromatic carbocycles. The van der Waals surface area contributed by atoms with E-state index in [0.29, 0.717) is 19.4 Å². The summed E-state index contributed by atoms with van der Waals surface area (Å²) in [4.78, 5) is 14.2. The van der Waals surface area contributed by atoms with Crippen LogP contribution < -0.4 is 0 Å². The smallest absolute Gasteiger partial charge is 0.226 e. The molecule has 1 aromatic rings. The molecule has 1 aliphatic heterocycles. The molecule has 0 aliphatic carbocycles. The third kappa shape index (κ3) is 4.06. The van der Waals surface area contributed by atoms with Gasteiger partial charge in [0.2, 0.25) is 5.91 Å². The van der Waals surface area contributed by atoms with Gasteiger partial charge in [-0.25, -0.2) is 0 Å². The first-order chi connectivity index (χ1) is 8.96. The molecule has 0 radical (unpaired) electrons. The van der Waals surface area contributed by atoms with Crippen LogP contribution in [0.25, 0.3) is 0 Å². The average molecular weight is 261 g/mol. The normalized spacial score (nSPS) is 24.1. The van der Waals surface area contributed by atoms with Gasteiger partial charge in [-0.1, -0.05) is 29.8 Å². The van der Waals surface area contributed by atoms with Crippen molar-refractivity contribution in [2.45, 2.75) is 45.1 Å². The molecular formula is C16H23NO2. The van der Waals surface area contributed by atoms with E-state index in [1.54, 1.807) is 0 Å². The predicted molar refractivity (Wildman–Crippen MR) is 75.9 cm³/mol. The van der Waals surface area contributed by atoms with Gasteiger partial charge < -0.3 is 10.0 Å². The molecule has 0 saturated carbocycles. The molecule has 1 N–H and O–H groups in total. The summed E-state index contributed by atoms with van der Waals surface area (Å²) in [7, 11) is 0. The molecular weight excluding hydrogens is 238 g/mol. The lowest BCUT2D eigenvalue weighted by Crippen LogP contribution is -2.34. The number of hydrogen-bond acceptors (Lipinski definition) is 2. The first-order valence-electron chi connectivity index (χ1n) is 7.02. The van der Waals surface area contributed by atoms with Crippen LogP contribution in [0, 0.1) is 6.92 Å². The SMILES string of the molecule is Cc1cccc(CC(=O)N2CCCC(C)(O)CC2)c1. The van der Waals surface area contributed by atoms with Gasteiger partial charge in [-0.3, -0.25) is 4.79 Å². The molecule has 1 unspecified atom stereocenters. The zero-order valence-electron chi connectivity index (χ0n) is 11.9. The Labute approximate surface area is 115 Å². The van der Waals surface area contributed by atoms with Gasteiger partial charge in [0, 0.05) is 13.1 Å². The molecule has 1 fully saturated rings. The van der Waals surface area contributed by atoms with E-state index < -0.39 is 5.60 Å². The van der Waals surface area contributed by atoms with E-state index in [1.165, 1.54) is 5.56 Å². The Kier molecular flexibility index (Phi) is 4.25. The standard InChI is InChI=1S/C16H23NO2/c1-13-5-3-6-14(11-13)12-15(18)17-9-4-7-16(2,19)8-10-17/h3,5-6,11,19H,4,7-10,12H2,1-2H3. The fraction of sp³-hybridized carbons (Fsp3) is 0.562. The van der Waals surface area contributed by atoms with Crippen molar-refractivity contribution in [3.8, 4) is 0 Å². The van der Waals surface area contributed by atoms with Crippen molar-refractivity contribution in [2.75, 3.05) is 13.1 Å². The summed E-state index contributed by atoms with van der Waals surface area (Å²) in [6.45, 7) is 5.33.